The molecule has 0 fully saturated rings. The molecule has 8 heavy (non-hydrogen) atoms. The van der Waals surface area contributed by atoms with Gasteiger partial charge in [-0.25, -0.2) is 0 Å². The number of rotatable bonds is 2. The normalized spacial score (nSPS) is 12.9. The molecule has 0 aliphatic heterocycles. The fourth-order valence-electron chi connectivity index (χ4n) is 0.140. The summed E-state index contributed by atoms with van der Waals surface area (Å²) in [4.78, 5) is 17.1. The molecule has 0 amide bonds. The lowest BCUT2D eigenvalue weighted by Crippen LogP contribution is -1.61. The zero-order chi connectivity index (χ0) is 6.62. The molecule has 0 spiro atoms. The van der Waals surface area contributed by atoms with Gasteiger partial charge in [-0.05, 0) is 35.5 Å². The quantitative estimate of drug-likeness (QED) is 0.615. The summed E-state index contributed by atoms with van der Waals surface area (Å²) in [5, 5.41) is 1.57. The maximum absolute atomic E-state index is 8.54. The van der Waals surface area contributed by atoms with E-state index in [0.717, 1.165) is 11.4 Å². The van der Waals surface area contributed by atoms with Crippen LogP contribution >= 0.6 is 17.1 Å². The lowest BCUT2D eigenvalue weighted by atomic mass is 10.8. The summed E-state index contributed by atoms with van der Waals surface area (Å²) in [6.07, 6.45) is 1.71. The fraction of sp³-hybridized carbons (Fsp3) is 0.333. The molecule has 0 saturated heterocycles. The SMILES string of the molecule is CC=CSP(O)(O)=S. The average molecular weight is 170 g/mol. The fourth-order valence-corrected chi connectivity index (χ4v) is 1.71. The molecule has 0 atom stereocenters. The van der Waals surface area contributed by atoms with E-state index in [0.29, 0.717) is 0 Å². The molecular formula is C3H7O2PS2. The van der Waals surface area contributed by atoms with Crippen LogP contribution in [0.1, 0.15) is 6.92 Å². The van der Waals surface area contributed by atoms with Gasteiger partial charge in [-0.15, -0.1) is 0 Å². The zero-order valence-corrected chi connectivity index (χ0v) is 6.84. The Hall–Kier alpha value is 0.660. The molecule has 0 aromatic heterocycles. The first kappa shape index (κ1) is 8.66. The van der Waals surface area contributed by atoms with Crippen LogP contribution in [0.5, 0.6) is 0 Å². The van der Waals surface area contributed by atoms with Gasteiger partial charge in [0.1, 0.15) is 0 Å². The molecule has 0 radical (unpaired) electrons. The van der Waals surface area contributed by atoms with Crippen molar-refractivity contribution in [2.24, 2.45) is 0 Å². The van der Waals surface area contributed by atoms with Gasteiger partial charge < -0.3 is 9.79 Å². The van der Waals surface area contributed by atoms with Gasteiger partial charge in [0.2, 0.25) is 5.69 Å². The first-order valence-corrected chi connectivity index (χ1v) is 6.10. The minimum atomic E-state index is -3.02. The summed E-state index contributed by atoms with van der Waals surface area (Å²) in [7, 11) is 0. The molecule has 0 aliphatic rings. The van der Waals surface area contributed by atoms with Crippen LogP contribution in [-0.2, 0) is 11.8 Å². The third-order valence-corrected chi connectivity index (χ3v) is 2.97. The minimum Gasteiger partial charge on any atom is -0.337 e. The van der Waals surface area contributed by atoms with E-state index in [1.54, 1.807) is 18.4 Å². The second-order valence-corrected chi connectivity index (χ2v) is 6.91. The van der Waals surface area contributed by atoms with Gasteiger partial charge in [0.15, 0.2) is 0 Å². The van der Waals surface area contributed by atoms with Crippen molar-refractivity contribution in [3.8, 4) is 0 Å². The standard InChI is InChI=1S/C3H7O2PS2/c1-2-3-8-6(4,5)7/h2-3H,1H3,(H2,4,5,7). The van der Waals surface area contributed by atoms with Crippen LogP contribution in [0.4, 0.5) is 0 Å². The van der Waals surface area contributed by atoms with Crippen molar-refractivity contribution in [2.45, 2.75) is 6.92 Å². The zero-order valence-electron chi connectivity index (χ0n) is 4.31. The van der Waals surface area contributed by atoms with Crippen molar-refractivity contribution >= 4 is 28.9 Å². The van der Waals surface area contributed by atoms with Crippen molar-refractivity contribution in [3.63, 3.8) is 0 Å². The highest BCUT2D eigenvalue weighted by atomic mass is 32.9. The summed E-state index contributed by atoms with van der Waals surface area (Å²) < 4.78 is 0. The summed E-state index contributed by atoms with van der Waals surface area (Å²) in [6.45, 7) is 1.79. The summed E-state index contributed by atoms with van der Waals surface area (Å²) in [6, 6.07) is 0. The molecule has 5 heteroatoms. The molecular weight excluding hydrogens is 163 g/mol. The van der Waals surface area contributed by atoms with Gasteiger partial charge in [-0.3, -0.25) is 0 Å². The van der Waals surface area contributed by atoms with Gasteiger partial charge in [-0.2, -0.15) is 0 Å². The van der Waals surface area contributed by atoms with Gasteiger partial charge >= 0.3 is 0 Å². The topological polar surface area (TPSA) is 40.5 Å². The molecule has 0 heterocycles. The third-order valence-electron chi connectivity index (χ3n) is 0.334. The Morgan fingerprint density at radius 2 is 2.12 bits per heavy atom. The Kier molecular flexibility index (Phi) is 3.94. The molecule has 0 saturated carbocycles. The van der Waals surface area contributed by atoms with Crippen molar-refractivity contribution in [1.29, 1.82) is 0 Å². The predicted molar refractivity (Wildman–Crippen MR) is 41.1 cm³/mol. The van der Waals surface area contributed by atoms with Gasteiger partial charge in [0.25, 0.3) is 0 Å². The molecule has 0 bridgehead atoms. The van der Waals surface area contributed by atoms with E-state index in [4.69, 9.17) is 9.79 Å². The van der Waals surface area contributed by atoms with Crippen LogP contribution in [0.2, 0.25) is 0 Å². The number of hydrogen-bond donors (Lipinski definition) is 2. The van der Waals surface area contributed by atoms with Crippen LogP contribution < -0.4 is 0 Å². The van der Waals surface area contributed by atoms with E-state index in [-0.39, 0.29) is 0 Å². The van der Waals surface area contributed by atoms with Gasteiger partial charge in [-0.1, -0.05) is 6.08 Å². The second kappa shape index (κ2) is 3.64. The molecule has 2 nitrogen and oxygen atoms in total. The van der Waals surface area contributed by atoms with E-state index in [9.17, 15) is 0 Å². The van der Waals surface area contributed by atoms with E-state index in [2.05, 4.69) is 11.8 Å². The van der Waals surface area contributed by atoms with E-state index < -0.39 is 5.69 Å². The highest BCUT2D eigenvalue weighted by molar-refractivity contribution is 8.68. The van der Waals surface area contributed by atoms with Crippen molar-refractivity contribution in [1.82, 2.24) is 0 Å². The Labute approximate surface area is 57.5 Å². The lowest BCUT2D eigenvalue weighted by Gasteiger charge is -1.98. The predicted octanol–water partition coefficient (Wildman–Crippen LogP) is 1.46. The highest BCUT2D eigenvalue weighted by Gasteiger charge is 2.02. The number of allylic oxidation sites excluding steroid dienone is 1. The van der Waals surface area contributed by atoms with Gasteiger partial charge in [0.05, 0.1) is 0 Å². The summed E-state index contributed by atoms with van der Waals surface area (Å²) >= 11 is 5.17. The van der Waals surface area contributed by atoms with E-state index in [1.165, 1.54) is 0 Å². The van der Waals surface area contributed by atoms with E-state index in [1.807, 2.05) is 0 Å². The first-order chi connectivity index (χ1) is 3.56. The highest BCUT2D eigenvalue weighted by Crippen LogP contribution is 2.51. The van der Waals surface area contributed by atoms with Crippen LogP contribution in [0.25, 0.3) is 0 Å². The molecule has 2 N–H and O–H groups in total. The van der Waals surface area contributed by atoms with Crippen LogP contribution in [0.3, 0.4) is 0 Å². The first-order valence-electron chi connectivity index (χ1n) is 1.91. The Balaban J connectivity index is 3.57. The summed E-state index contributed by atoms with van der Waals surface area (Å²) in [5.74, 6) is 0. The smallest absolute Gasteiger partial charge is 0.246 e. The maximum Gasteiger partial charge on any atom is 0.246 e. The number of hydrogen-bond acceptors (Lipinski definition) is 2. The van der Waals surface area contributed by atoms with E-state index >= 15 is 0 Å². The maximum atomic E-state index is 8.54. The monoisotopic (exact) mass is 170 g/mol. The van der Waals surface area contributed by atoms with Crippen molar-refractivity contribution in [3.05, 3.63) is 11.5 Å². The third kappa shape index (κ3) is 6.66. The van der Waals surface area contributed by atoms with Crippen LogP contribution in [-0.4, -0.2) is 9.79 Å². The molecule has 0 aromatic carbocycles. The lowest BCUT2D eigenvalue weighted by molar-refractivity contribution is 0.502. The van der Waals surface area contributed by atoms with Crippen LogP contribution in [0, 0.1) is 0 Å². The van der Waals surface area contributed by atoms with Gasteiger partial charge in [0, 0.05) is 0 Å². The molecule has 0 aromatic rings. The summed E-state index contributed by atoms with van der Waals surface area (Å²) in [5.41, 5.74) is -3.02. The molecule has 48 valence electrons. The Bertz CT molecular complexity index is 127. The van der Waals surface area contributed by atoms with Crippen molar-refractivity contribution in [2.75, 3.05) is 0 Å². The largest absolute Gasteiger partial charge is 0.337 e. The van der Waals surface area contributed by atoms with Crippen molar-refractivity contribution < 1.29 is 9.79 Å². The molecule has 0 rings (SSSR count). The molecule has 0 aliphatic carbocycles. The van der Waals surface area contributed by atoms with Crippen LogP contribution in [0.15, 0.2) is 11.5 Å². The average Bonchev–Trinajstić information content (AvgIpc) is 1.59. The molecule has 0 unspecified atom stereocenters. The Morgan fingerprint density at radius 3 is 2.25 bits per heavy atom. The minimum absolute atomic E-state index is 0.890. The Morgan fingerprint density at radius 1 is 1.62 bits per heavy atom. The second-order valence-electron chi connectivity index (χ2n) is 1.07.